The molecule has 2 aromatic rings. The van der Waals surface area contributed by atoms with Gasteiger partial charge in [-0.1, -0.05) is 17.7 Å². The van der Waals surface area contributed by atoms with E-state index in [-0.39, 0.29) is 19.1 Å². The van der Waals surface area contributed by atoms with Gasteiger partial charge in [-0.25, -0.2) is 0 Å². The molecule has 0 radical (unpaired) electrons. The van der Waals surface area contributed by atoms with Crippen LogP contribution in [0.4, 0.5) is 0 Å². The van der Waals surface area contributed by atoms with E-state index >= 15 is 0 Å². The molecule has 1 aromatic carbocycles. The molecule has 1 N–H and O–H groups in total. The minimum absolute atomic E-state index is 0.204. The minimum atomic E-state index is -0.975. The molecule has 144 valence electrons. The zero-order valence-corrected chi connectivity index (χ0v) is 16.0. The Hall–Kier alpha value is -2.31. The molecular weight excluding hydrogens is 382 g/mol. The van der Waals surface area contributed by atoms with E-state index in [1.165, 1.54) is 0 Å². The first-order chi connectivity index (χ1) is 13.6. The molecule has 2 heterocycles. The summed E-state index contributed by atoms with van der Waals surface area (Å²) in [4.78, 5) is 4.46. The first kappa shape index (κ1) is 19.0. The highest BCUT2D eigenvalue weighted by atomic mass is 35.5. The topological polar surface area (TPSA) is 93.8 Å². The van der Waals surface area contributed by atoms with Crippen molar-refractivity contribution in [2.75, 3.05) is 20.3 Å². The maximum atomic E-state index is 9.82. The maximum Gasteiger partial charge on any atom is 0.491 e. The van der Waals surface area contributed by atoms with E-state index in [0.29, 0.717) is 45.8 Å². The Kier molecular flexibility index (Phi) is 5.42. The second kappa shape index (κ2) is 7.98. The molecule has 0 spiro atoms. The van der Waals surface area contributed by atoms with Crippen LogP contribution in [0.1, 0.15) is 35.4 Å². The van der Waals surface area contributed by atoms with Crippen molar-refractivity contribution in [2.45, 2.75) is 25.4 Å². The predicted octanol–water partition coefficient (Wildman–Crippen LogP) is 2.52. The largest absolute Gasteiger partial charge is 0.491 e. The molecule has 7 nitrogen and oxygen atoms in total. The second-order valence-corrected chi connectivity index (χ2v) is 7.05. The van der Waals surface area contributed by atoms with E-state index in [1.54, 1.807) is 25.3 Å². The van der Waals surface area contributed by atoms with Crippen molar-refractivity contribution in [2.24, 2.45) is 0 Å². The lowest BCUT2D eigenvalue weighted by atomic mass is 9.79. The molecule has 1 fully saturated rings. The maximum absolute atomic E-state index is 9.82. The van der Waals surface area contributed by atoms with Gasteiger partial charge in [0.05, 0.1) is 18.2 Å². The molecule has 1 aromatic heterocycles. The molecule has 0 atom stereocenters. The van der Waals surface area contributed by atoms with Gasteiger partial charge in [-0.15, -0.1) is 0 Å². The average Bonchev–Trinajstić information content (AvgIpc) is 3.47. The summed E-state index contributed by atoms with van der Waals surface area (Å²) in [6, 6.07) is 7.32. The number of nitriles is 1. The molecular formula is C19H18BClN2O5. The van der Waals surface area contributed by atoms with Gasteiger partial charge in [0.2, 0.25) is 11.8 Å². The number of halogens is 1. The number of hydrogen-bond acceptors (Lipinski definition) is 7. The van der Waals surface area contributed by atoms with Gasteiger partial charge < -0.3 is 23.9 Å². The van der Waals surface area contributed by atoms with E-state index in [0.717, 1.165) is 18.4 Å². The molecule has 1 aliphatic heterocycles. The first-order valence-corrected chi connectivity index (χ1v) is 9.35. The van der Waals surface area contributed by atoms with E-state index < -0.39 is 7.12 Å². The summed E-state index contributed by atoms with van der Waals surface area (Å²) in [7, 11) is 0.598. The van der Waals surface area contributed by atoms with Gasteiger partial charge in [-0.05, 0) is 41.9 Å². The third kappa shape index (κ3) is 3.67. The predicted molar refractivity (Wildman–Crippen MR) is 102 cm³/mol. The SMILES string of the molecule is COCCOc1nc(Oc2ccc3c(c2Cl)COB3O)c(C2CC2)cc1C#N. The smallest absolute Gasteiger partial charge is 0.474 e. The Morgan fingerprint density at radius 3 is 2.89 bits per heavy atom. The normalized spacial score (nSPS) is 15.3. The van der Waals surface area contributed by atoms with E-state index in [9.17, 15) is 10.3 Å². The molecule has 1 saturated carbocycles. The quantitative estimate of drug-likeness (QED) is 0.564. The first-order valence-electron chi connectivity index (χ1n) is 8.98. The highest BCUT2D eigenvalue weighted by Gasteiger charge is 2.32. The number of nitrogens with zero attached hydrogens (tertiary/aromatic N) is 2. The number of methoxy groups -OCH3 is 1. The highest BCUT2D eigenvalue weighted by molar-refractivity contribution is 6.62. The van der Waals surface area contributed by atoms with Crippen LogP contribution in [0.3, 0.4) is 0 Å². The van der Waals surface area contributed by atoms with Crippen molar-refractivity contribution < 1.29 is 23.9 Å². The Morgan fingerprint density at radius 1 is 1.36 bits per heavy atom. The Morgan fingerprint density at radius 2 is 2.18 bits per heavy atom. The van der Waals surface area contributed by atoms with Crippen molar-refractivity contribution in [3.8, 4) is 23.6 Å². The number of fused-ring (bicyclic) bond motifs is 1. The van der Waals surface area contributed by atoms with Crippen molar-refractivity contribution in [3.63, 3.8) is 0 Å². The van der Waals surface area contributed by atoms with Crippen LogP contribution in [0.15, 0.2) is 18.2 Å². The monoisotopic (exact) mass is 400 g/mol. The number of benzene rings is 1. The summed E-state index contributed by atoms with van der Waals surface area (Å²) >= 11 is 6.47. The zero-order chi connectivity index (χ0) is 19.7. The summed E-state index contributed by atoms with van der Waals surface area (Å²) in [6.07, 6.45) is 2.04. The van der Waals surface area contributed by atoms with Crippen molar-refractivity contribution in [1.82, 2.24) is 4.98 Å². The van der Waals surface area contributed by atoms with Crippen LogP contribution in [0.25, 0.3) is 0 Å². The van der Waals surface area contributed by atoms with Crippen LogP contribution < -0.4 is 14.9 Å². The fraction of sp³-hybridized carbons (Fsp3) is 0.368. The lowest BCUT2D eigenvalue weighted by Gasteiger charge is -2.15. The van der Waals surface area contributed by atoms with Crippen LogP contribution in [0, 0.1) is 11.3 Å². The van der Waals surface area contributed by atoms with Gasteiger partial charge >= 0.3 is 7.12 Å². The average molecular weight is 401 g/mol. The molecule has 4 rings (SSSR count). The lowest BCUT2D eigenvalue weighted by molar-refractivity contribution is 0.143. The van der Waals surface area contributed by atoms with E-state index in [4.69, 9.17) is 30.5 Å². The van der Waals surface area contributed by atoms with Gasteiger partial charge in [0.15, 0.2) is 0 Å². The van der Waals surface area contributed by atoms with E-state index in [1.807, 2.05) is 0 Å². The third-order valence-corrected chi connectivity index (χ3v) is 5.16. The van der Waals surface area contributed by atoms with E-state index in [2.05, 4.69) is 11.1 Å². The number of ether oxygens (including phenoxy) is 3. The number of pyridine rings is 1. The summed E-state index contributed by atoms with van der Waals surface area (Å²) < 4.78 is 21.8. The minimum Gasteiger partial charge on any atom is -0.474 e. The standard InChI is InChI=1S/C19H18BClN2O5/c1-25-6-7-26-18-12(9-22)8-13(11-2-3-11)19(23-18)28-16-5-4-15-14(17(16)21)10-27-20(15)24/h4-5,8,11,24H,2-3,6-7,10H2,1H3. The molecule has 28 heavy (non-hydrogen) atoms. The molecule has 9 heteroatoms. The Labute approximate surface area is 167 Å². The lowest BCUT2D eigenvalue weighted by Crippen LogP contribution is -2.27. The van der Waals surface area contributed by atoms with Crippen LogP contribution in [0.2, 0.25) is 5.02 Å². The van der Waals surface area contributed by atoms with Crippen molar-refractivity contribution in [1.29, 1.82) is 5.26 Å². The zero-order valence-electron chi connectivity index (χ0n) is 15.3. The highest BCUT2D eigenvalue weighted by Crippen LogP contribution is 2.46. The van der Waals surface area contributed by atoms with Crippen LogP contribution in [-0.2, 0) is 16.0 Å². The van der Waals surface area contributed by atoms with Crippen LogP contribution in [0.5, 0.6) is 17.5 Å². The molecule has 0 bridgehead atoms. The second-order valence-electron chi connectivity index (χ2n) is 6.67. The van der Waals surface area contributed by atoms with Crippen LogP contribution in [-0.4, -0.2) is 37.4 Å². The molecule has 2 aliphatic rings. The fourth-order valence-electron chi connectivity index (χ4n) is 3.10. The molecule has 0 unspecified atom stereocenters. The number of aromatic nitrogens is 1. The Balaban J connectivity index is 1.69. The molecule has 1 aliphatic carbocycles. The van der Waals surface area contributed by atoms with Gasteiger partial charge in [0.25, 0.3) is 0 Å². The third-order valence-electron chi connectivity index (χ3n) is 4.75. The fourth-order valence-corrected chi connectivity index (χ4v) is 3.37. The van der Waals surface area contributed by atoms with Crippen LogP contribution >= 0.6 is 11.6 Å². The Bertz CT molecular complexity index is 945. The van der Waals surface area contributed by atoms with Gasteiger partial charge in [-0.2, -0.15) is 10.2 Å². The van der Waals surface area contributed by atoms with Gasteiger partial charge in [-0.3, -0.25) is 0 Å². The summed E-state index contributed by atoms with van der Waals surface area (Å²) in [5.41, 5.74) is 2.56. The molecule has 0 amide bonds. The number of rotatable bonds is 7. The summed E-state index contributed by atoms with van der Waals surface area (Å²) in [6.45, 7) is 0.871. The summed E-state index contributed by atoms with van der Waals surface area (Å²) in [5, 5.41) is 19.7. The summed E-state index contributed by atoms with van der Waals surface area (Å²) in [5.74, 6) is 1.30. The van der Waals surface area contributed by atoms with Gasteiger partial charge in [0.1, 0.15) is 24.0 Å². The van der Waals surface area contributed by atoms with Gasteiger partial charge in [0, 0.05) is 12.7 Å². The van der Waals surface area contributed by atoms with Crippen molar-refractivity contribution in [3.05, 3.63) is 39.9 Å². The molecule has 0 saturated heterocycles. The van der Waals surface area contributed by atoms with Crippen molar-refractivity contribution >= 4 is 24.2 Å². The number of hydrogen-bond donors (Lipinski definition) is 1.